The number of hydrogen-bond donors (Lipinski definition) is 2. The zero-order chi connectivity index (χ0) is 11.7. The Morgan fingerprint density at radius 2 is 2.29 bits per heavy atom. The van der Waals surface area contributed by atoms with Crippen LogP contribution in [0.15, 0.2) is 24.3 Å². The molecule has 1 aromatic rings. The van der Waals surface area contributed by atoms with Gasteiger partial charge in [0.25, 0.3) is 0 Å². The van der Waals surface area contributed by atoms with Gasteiger partial charge in [-0.05, 0) is 43.4 Å². The Balaban J connectivity index is 1.68. The smallest absolute Gasteiger partial charge is 0.122 e. The van der Waals surface area contributed by atoms with Crippen molar-refractivity contribution in [1.82, 2.24) is 5.32 Å². The van der Waals surface area contributed by atoms with Crippen molar-refractivity contribution in [2.45, 2.75) is 24.9 Å². The number of rotatable bonds is 2. The van der Waals surface area contributed by atoms with Gasteiger partial charge in [-0.25, -0.2) is 0 Å². The molecule has 2 aliphatic rings. The third kappa shape index (κ3) is 2.31. The maximum Gasteiger partial charge on any atom is 0.122 e. The van der Waals surface area contributed by atoms with Gasteiger partial charge >= 0.3 is 0 Å². The summed E-state index contributed by atoms with van der Waals surface area (Å²) in [6.45, 7) is 2.39. The highest BCUT2D eigenvalue weighted by Crippen LogP contribution is 2.32. The van der Waals surface area contributed by atoms with Crippen LogP contribution in [-0.2, 0) is 6.42 Å². The summed E-state index contributed by atoms with van der Waals surface area (Å²) in [5.74, 6) is 1.45. The molecule has 0 radical (unpaired) electrons. The molecule has 1 aromatic carbocycles. The molecule has 2 aliphatic heterocycles. The number of aliphatic hydroxyl groups is 1. The fourth-order valence-corrected chi connectivity index (χ4v) is 2.96. The molecule has 92 valence electrons. The molecule has 0 amide bonds. The van der Waals surface area contributed by atoms with Crippen LogP contribution in [0.25, 0.3) is 0 Å². The molecule has 3 heteroatoms. The first-order chi connectivity index (χ1) is 8.25. The minimum absolute atomic E-state index is 0.440. The van der Waals surface area contributed by atoms with Crippen molar-refractivity contribution in [1.29, 1.82) is 0 Å². The predicted octanol–water partition coefficient (Wildman–Crippen LogP) is 1.35. The van der Waals surface area contributed by atoms with Gasteiger partial charge in [0, 0.05) is 6.54 Å². The highest BCUT2D eigenvalue weighted by molar-refractivity contribution is 5.35. The Morgan fingerprint density at radius 1 is 1.41 bits per heavy atom. The van der Waals surface area contributed by atoms with Crippen molar-refractivity contribution in [2.24, 2.45) is 5.92 Å². The maximum absolute atomic E-state index is 10.4. The van der Waals surface area contributed by atoms with E-state index in [4.69, 9.17) is 4.74 Å². The second-order valence-corrected chi connectivity index (χ2v) is 5.34. The maximum atomic E-state index is 10.4. The summed E-state index contributed by atoms with van der Waals surface area (Å²) in [7, 11) is 0. The lowest BCUT2D eigenvalue weighted by molar-refractivity contribution is 0.0236. The second-order valence-electron chi connectivity index (χ2n) is 5.34. The van der Waals surface area contributed by atoms with E-state index in [1.165, 1.54) is 5.56 Å². The number of β-amino-alcohol motifs (C(OH)–C–C–N with tert-alkyl or cyclic N) is 1. The molecule has 2 unspecified atom stereocenters. The van der Waals surface area contributed by atoms with E-state index in [2.05, 4.69) is 17.4 Å². The summed E-state index contributed by atoms with van der Waals surface area (Å²) in [6.07, 6.45) is 2.73. The van der Waals surface area contributed by atoms with Gasteiger partial charge in [-0.3, -0.25) is 0 Å². The summed E-state index contributed by atoms with van der Waals surface area (Å²) >= 11 is 0. The molecule has 1 fully saturated rings. The molecule has 0 saturated carbocycles. The van der Waals surface area contributed by atoms with Crippen molar-refractivity contribution < 1.29 is 9.84 Å². The lowest BCUT2D eigenvalue weighted by Gasteiger charge is -2.31. The van der Waals surface area contributed by atoms with Crippen LogP contribution in [0.4, 0.5) is 0 Å². The second kappa shape index (κ2) is 4.31. The number of benzene rings is 1. The van der Waals surface area contributed by atoms with E-state index in [0.29, 0.717) is 5.92 Å². The first-order valence-electron chi connectivity index (χ1n) is 6.39. The average Bonchev–Trinajstić information content (AvgIpc) is 2.76. The molecule has 0 aromatic heterocycles. The van der Waals surface area contributed by atoms with E-state index < -0.39 is 5.60 Å². The lowest BCUT2D eigenvalue weighted by atomic mass is 9.85. The third-order valence-electron chi connectivity index (χ3n) is 3.85. The largest absolute Gasteiger partial charge is 0.493 e. The van der Waals surface area contributed by atoms with Gasteiger partial charge in [0.2, 0.25) is 0 Å². The molecule has 2 heterocycles. The number of hydrogen-bond acceptors (Lipinski definition) is 3. The zero-order valence-corrected chi connectivity index (χ0v) is 9.98. The number of fused-ring (bicyclic) bond motifs is 1. The monoisotopic (exact) mass is 233 g/mol. The Morgan fingerprint density at radius 3 is 3.12 bits per heavy atom. The van der Waals surface area contributed by atoms with Gasteiger partial charge in [-0.1, -0.05) is 18.2 Å². The van der Waals surface area contributed by atoms with Gasteiger partial charge in [0.05, 0.1) is 12.2 Å². The van der Waals surface area contributed by atoms with Gasteiger partial charge in [0.1, 0.15) is 5.75 Å². The van der Waals surface area contributed by atoms with Gasteiger partial charge in [-0.15, -0.1) is 0 Å². The van der Waals surface area contributed by atoms with Crippen molar-refractivity contribution in [3.63, 3.8) is 0 Å². The van der Waals surface area contributed by atoms with E-state index in [0.717, 1.165) is 44.7 Å². The first kappa shape index (κ1) is 11.1. The average molecular weight is 233 g/mol. The first-order valence-corrected chi connectivity index (χ1v) is 6.39. The van der Waals surface area contributed by atoms with Gasteiger partial charge in [-0.2, -0.15) is 0 Å². The van der Waals surface area contributed by atoms with Crippen molar-refractivity contribution >= 4 is 0 Å². The quantitative estimate of drug-likeness (QED) is 0.810. The lowest BCUT2D eigenvalue weighted by Crippen LogP contribution is -2.37. The van der Waals surface area contributed by atoms with E-state index in [1.54, 1.807) is 0 Å². The Labute approximate surface area is 102 Å². The number of nitrogens with one attached hydrogen (secondary N) is 1. The minimum Gasteiger partial charge on any atom is -0.493 e. The topological polar surface area (TPSA) is 41.5 Å². The van der Waals surface area contributed by atoms with Crippen LogP contribution >= 0.6 is 0 Å². The highest BCUT2D eigenvalue weighted by Gasteiger charge is 2.35. The molecule has 3 nitrogen and oxygen atoms in total. The standard InChI is InChI=1S/C14H19NO2/c16-14(5-6-15-10-14)8-11-7-12-3-1-2-4-13(12)17-9-11/h1-4,11,15-16H,5-10H2. The summed E-state index contributed by atoms with van der Waals surface area (Å²) in [5, 5.41) is 13.6. The van der Waals surface area contributed by atoms with Crippen LogP contribution in [0.2, 0.25) is 0 Å². The number of para-hydroxylation sites is 1. The minimum atomic E-state index is -0.514. The summed E-state index contributed by atoms with van der Waals surface area (Å²) < 4.78 is 5.76. The Bertz CT molecular complexity index is 399. The van der Waals surface area contributed by atoms with E-state index in [1.807, 2.05) is 12.1 Å². The van der Waals surface area contributed by atoms with Gasteiger partial charge < -0.3 is 15.2 Å². The number of ether oxygens (including phenoxy) is 1. The SMILES string of the molecule is OC1(CC2COc3ccccc3C2)CCNC1. The normalized spacial score (nSPS) is 31.9. The van der Waals surface area contributed by atoms with Crippen molar-refractivity contribution in [3.8, 4) is 5.75 Å². The predicted molar refractivity (Wildman–Crippen MR) is 66.2 cm³/mol. The van der Waals surface area contributed by atoms with Crippen molar-refractivity contribution in [3.05, 3.63) is 29.8 Å². The van der Waals surface area contributed by atoms with Crippen LogP contribution in [-0.4, -0.2) is 30.4 Å². The molecule has 0 spiro atoms. The molecular weight excluding hydrogens is 214 g/mol. The van der Waals surface area contributed by atoms with Crippen LogP contribution < -0.4 is 10.1 Å². The summed E-state index contributed by atoms with van der Waals surface area (Å²) in [5.41, 5.74) is 0.763. The fraction of sp³-hybridized carbons (Fsp3) is 0.571. The Hall–Kier alpha value is -1.06. The van der Waals surface area contributed by atoms with E-state index in [-0.39, 0.29) is 0 Å². The van der Waals surface area contributed by atoms with E-state index >= 15 is 0 Å². The van der Waals surface area contributed by atoms with Crippen molar-refractivity contribution in [2.75, 3.05) is 19.7 Å². The van der Waals surface area contributed by atoms with Crippen LogP contribution in [0, 0.1) is 5.92 Å². The van der Waals surface area contributed by atoms with Crippen LogP contribution in [0.5, 0.6) is 5.75 Å². The molecule has 3 rings (SSSR count). The summed E-state index contributed by atoms with van der Waals surface area (Å²) in [6, 6.07) is 8.21. The molecule has 2 atom stereocenters. The highest BCUT2D eigenvalue weighted by atomic mass is 16.5. The fourth-order valence-electron chi connectivity index (χ4n) is 2.96. The van der Waals surface area contributed by atoms with Gasteiger partial charge in [0.15, 0.2) is 0 Å². The molecule has 2 N–H and O–H groups in total. The molecule has 17 heavy (non-hydrogen) atoms. The van der Waals surface area contributed by atoms with Crippen LogP contribution in [0.1, 0.15) is 18.4 Å². The third-order valence-corrected chi connectivity index (χ3v) is 3.85. The van der Waals surface area contributed by atoms with Crippen LogP contribution in [0.3, 0.4) is 0 Å². The molecule has 0 bridgehead atoms. The Kier molecular flexibility index (Phi) is 2.81. The summed E-state index contributed by atoms with van der Waals surface area (Å²) in [4.78, 5) is 0. The molecular formula is C14H19NO2. The van der Waals surface area contributed by atoms with E-state index in [9.17, 15) is 5.11 Å². The molecule has 1 saturated heterocycles. The molecule has 0 aliphatic carbocycles. The zero-order valence-electron chi connectivity index (χ0n) is 9.98.